The molecule has 1 saturated carbocycles. The van der Waals surface area contributed by atoms with Crippen molar-refractivity contribution in [3.63, 3.8) is 0 Å². The minimum atomic E-state index is -0.995. The van der Waals surface area contributed by atoms with Crippen LogP contribution in [0, 0.1) is 11.8 Å². The second-order valence-corrected chi connectivity index (χ2v) is 9.65. The van der Waals surface area contributed by atoms with Gasteiger partial charge in [0.15, 0.2) is 0 Å². The van der Waals surface area contributed by atoms with Crippen LogP contribution >= 0.6 is 0 Å². The Hall–Kier alpha value is -3.35. The minimum Gasteiger partial charge on any atom is -0.481 e. The summed E-state index contributed by atoms with van der Waals surface area (Å²) in [6.07, 6.45) is 2.63. The fourth-order valence-corrected chi connectivity index (χ4v) is 5.94. The van der Waals surface area contributed by atoms with Crippen molar-refractivity contribution >= 4 is 18.0 Å². The van der Waals surface area contributed by atoms with Crippen LogP contribution in [0.5, 0.6) is 0 Å². The molecule has 7 heteroatoms. The monoisotopic (exact) mass is 462 g/mol. The molecule has 1 aliphatic heterocycles. The third kappa shape index (κ3) is 4.39. The van der Waals surface area contributed by atoms with Crippen molar-refractivity contribution in [1.82, 2.24) is 10.2 Å². The Bertz CT molecular complexity index is 1040. The molecule has 178 valence electrons. The van der Waals surface area contributed by atoms with Gasteiger partial charge in [-0.3, -0.25) is 9.59 Å². The lowest BCUT2D eigenvalue weighted by Gasteiger charge is -2.25. The first kappa shape index (κ1) is 22.4. The number of carboxylic acid groups (broad SMARTS) is 1. The van der Waals surface area contributed by atoms with Gasteiger partial charge >= 0.3 is 12.1 Å². The minimum absolute atomic E-state index is 0.0458. The van der Waals surface area contributed by atoms with Gasteiger partial charge < -0.3 is 20.1 Å². The van der Waals surface area contributed by atoms with Gasteiger partial charge in [0.05, 0.1) is 0 Å². The third-order valence-electron chi connectivity index (χ3n) is 7.62. The predicted octanol–water partition coefficient (Wildman–Crippen LogP) is 4.02. The van der Waals surface area contributed by atoms with E-state index < -0.39 is 18.1 Å². The molecule has 2 aliphatic carbocycles. The Kier molecular flexibility index (Phi) is 6.26. The van der Waals surface area contributed by atoms with Gasteiger partial charge in [-0.25, -0.2) is 4.79 Å². The number of aliphatic carboxylic acids is 1. The van der Waals surface area contributed by atoms with Crippen LogP contribution in [0.25, 0.3) is 11.1 Å². The zero-order valence-electron chi connectivity index (χ0n) is 19.1. The molecule has 7 nitrogen and oxygen atoms in total. The molecule has 2 aromatic rings. The number of fused-ring (bicyclic) bond motifs is 4. The van der Waals surface area contributed by atoms with Crippen molar-refractivity contribution < 1.29 is 24.2 Å². The van der Waals surface area contributed by atoms with E-state index in [1.165, 1.54) is 6.42 Å². The molecule has 1 heterocycles. The van der Waals surface area contributed by atoms with Crippen LogP contribution in [0.4, 0.5) is 4.79 Å². The van der Waals surface area contributed by atoms with Gasteiger partial charge in [-0.05, 0) is 53.4 Å². The molecule has 2 N–H and O–H groups in total. The first-order valence-electron chi connectivity index (χ1n) is 12.1. The van der Waals surface area contributed by atoms with E-state index in [-0.39, 0.29) is 31.3 Å². The van der Waals surface area contributed by atoms with Gasteiger partial charge in [-0.2, -0.15) is 0 Å². The molecule has 34 heavy (non-hydrogen) atoms. The average molecular weight is 463 g/mol. The summed E-state index contributed by atoms with van der Waals surface area (Å²) in [5, 5.41) is 11.8. The Morgan fingerprint density at radius 2 is 1.56 bits per heavy atom. The summed E-state index contributed by atoms with van der Waals surface area (Å²) < 4.78 is 5.60. The molecular formula is C27H30N2O5. The molecule has 0 spiro atoms. The van der Waals surface area contributed by atoms with E-state index in [0.717, 1.165) is 35.1 Å². The lowest BCUT2D eigenvalue weighted by Crippen LogP contribution is -2.48. The highest BCUT2D eigenvalue weighted by Gasteiger charge is 2.40. The number of rotatable bonds is 7. The van der Waals surface area contributed by atoms with Gasteiger partial charge in [0.1, 0.15) is 12.6 Å². The number of alkyl carbamates (subject to hydrolysis) is 1. The van der Waals surface area contributed by atoms with Crippen molar-refractivity contribution in [2.45, 2.75) is 44.1 Å². The Morgan fingerprint density at radius 3 is 2.15 bits per heavy atom. The summed E-state index contributed by atoms with van der Waals surface area (Å²) in [6, 6.07) is 15.3. The van der Waals surface area contributed by atoms with Crippen molar-refractivity contribution in [3.05, 3.63) is 59.7 Å². The molecule has 2 amide bonds. The van der Waals surface area contributed by atoms with Crippen molar-refractivity contribution in [3.8, 4) is 11.1 Å². The summed E-state index contributed by atoms with van der Waals surface area (Å²) in [5.74, 6) is -0.226. The summed E-state index contributed by atoms with van der Waals surface area (Å²) >= 11 is 0. The molecule has 1 saturated heterocycles. The quantitative estimate of drug-likeness (QED) is 0.648. The number of carboxylic acids is 1. The first-order valence-corrected chi connectivity index (χ1v) is 12.1. The van der Waals surface area contributed by atoms with E-state index in [1.807, 2.05) is 36.4 Å². The number of nitrogens with one attached hydrogen (secondary N) is 1. The van der Waals surface area contributed by atoms with Crippen LogP contribution in [-0.2, 0) is 14.3 Å². The maximum atomic E-state index is 13.2. The summed E-state index contributed by atoms with van der Waals surface area (Å²) in [6.45, 7) is 1.53. The number of carbonyl (C=O) groups excluding carboxylic acids is 2. The van der Waals surface area contributed by atoms with E-state index in [2.05, 4.69) is 17.4 Å². The SMILES string of the molecule is O=C(O)CCC(NC(=O)OCC1c2ccccc2-c2ccccc21)C(=O)N1CC2CCCC2C1. The average Bonchev–Trinajstić information content (AvgIpc) is 3.52. The second kappa shape index (κ2) is 9.49. The maximum absolute atomic E-state index is 13.2. The number of benzene rings is 2. The fourth-order valence-electron chi connectivity index (χ4n) is 5.94. The summed E-state index contributed by atoms with van der Waals surface area (Å²) in [4.78, 5) is 38.9. The van der Waals surface area contributed by atoms with E-state index in [1.54, 1.807) is 4.90 Å². The maximum Gasteiger partial charge on any atom is 0.407 e. The lowest BCUT2D eigenvalue weighted by molar-refractivity contribution is -0.138. The van der Waals surface area contributed by atoms with Crippen LogP contribution in [0.1, 0.15) is 49.1 Å². The molecule has 0 radical (unpaired) electrons. The van der Waals surface area contributed by atoms with Crippen LogP contribution in [0.15, 0.2) is 48.5 Å². The number of carbonyl (C=O) groups is 3. The van der Waals surface area contributed by atoms with Crippen LogP contribution in [0.2, 0.25) is 0 Å². The molecule has 3 atom stereocenters. The summed E-state index contributed by atoms with van der Waals surface area (Å²) in [5.41, 5.74) is 4.50. The normalized spacial score (nSPS) is 21.5. The fraction of sp³-hybridized carbons (Fsp3) is 0.444. The smallest absolute Gasteiger partial charge is 0.407 e. The van der Waals surface area contributed by atoms with Gasteiger partial charge in [0, 0.05) is 25.4 Å². The largest absolute Gasteiger partial charge is 0.481 e. The van der Waals surface area contributed by atoms with Crippen molar-refractivity contribution in [2.24, 2.45) is 11.8 Å². The highest BCUT2D eigenvalue weighted by Crippen LogP contribution is 2.44. The highest BCUT2D eigenvalue weighted by atomic mass is 16.5. The van der Waals surface area contributed by atoms with Crippen molar-refractivity contribution in [2.75, 3.05) is 19.7 Å². The molecule has 3 aliphatic rings. The molecule has 2 aromatic carbocycles. The van der Waals surface area contributed by atoms with Gasteiger partial charge in [-0.1, -0.05) is 55.0 Å². The van der Waals surface area contributed by atoms with Gasteiger partial charge in [0.25, 0.3) is 0 Å². The lowest BCUT2D eigenvalue weighted by atomic mass is 9.98. The summed E-state index contributed by atoms with van der Waals surface area (Å²) in [7, 11) is 0. The zero-order valence-corrected chi connectivity index (χ0v) is 19.1. The van der Waals surface area contributed by atoms with E-state index in [0.29, 0.717) is 24.9 Å². The number of likely N-dealkylation sites (tertiary alicyclic amines) is 1. The zero-order chi connectivity index (χ0) is 23.7. The highest BCUT2D eigenvalue weighted by molar-refractivity contribution is 5.86. The van der Waals surface area contributed by atoms with Gasteiger partial charge in [0.2, 0.25) is 5.91 Å². The molecule has 5 rings (SSSR count). The number of nitrogens with zero attached hydrogens (tertiary/aromatic N) is 1. The molecule has 2 fully saturated rings. The number of ether oxygens (including phenoxy) is 1. The number of hydrogen-bond donors (Lipinski definition) is 2. The van der Waals surface area contributed by atoms with E-state index >= 15 is 0 Å². The van der Waals surface area contributed by atoms with E-state index in [4.69, 9.17) is 9.84 Å². The number of amides is 2. The Labute approximate surface area is 199 Å². The number of hydrogen-bond acceptors (Lipinski definition) is 4. The molecule has 0 aromatic heterocycles. The van der Waals surface area contributed by atoms with Crippen LogP contribution < -0.4 is 5.32 Å². The Morgan fingerprint density at radius 1 is 0.971 bits per heavy atom. The standard InChI is InChI=1S/C27H30N2O5/c30-25(31)13-12-24(26(32)29-14-17-6-5-7-18(17)15-29)28-27(33)34-16-23-21-10-3-1-8-19(21)20-9-2-4-11-22(20)23/h1-4,8-11,17-18,23-24H,5-7,12-16H2,(H,28,33)(H,30,31). The van der Waals surface area contributed by atoms with E-state index in [9.17, 15) is 14.4 Å². The Balaban J connectivity index is 1.24. The molecule has 3 unspecified atom stereocenters. The topological polar surface area (TPSA) is 95.9 Å². The van der Waals surface area contributed by atoms with Gasteiger partial charge in [-0.15, -0.1) is 0 Å². The molecular weight excluding hydrogens is 432 g/mol. The first-order chi connectivity index (χ1) is 16.5. The second-order valence-electron chi connectivity index (χ2n) is 9.65. The van der Waals surface area contributed by atoms with Crippen LogP contribution in [-0.4, -0.2) is 53.7 Å². The predicted molar refractivity (Wildman–Crippen MR) is 126 cm³/mol. The van der Waals surface area contributed by atoms with Crippen molar-refractivity contribution in [1.29, 1.82) is 0 Å². The third-order valence-corrected chi connectivity index (χ3v) is 7.62. The van der Waals surface area contributed by atoms with Crippen LogP contribution in [0.3, 0.4) is 0 Å². The molecule has 0 bridgehead atoms.